The van der Waals surface area contributed by atoms with Gasteiger partial charge in [0.1, 0.15) is 0 Å². The van der Waals surface area contributed by atoms with Crippen molar-refractivity contribution in [1.82, 2.24) is 0 Å². The van der Waals surface area contributed by atoms with E-state index in [1.807, 2.05) is 0 Å². The first-order valence-electron chi connectivity index (χ1n) is 3.85. The molecule has 0 atom stereocenters. The van der Waals surface area contributed by atoms with E-state index in [0.717, 1.165) is 13.2 Å². The predicted octanol–water partition coefficient (Wildman–Crippen LogP) is 2.78. The number of esters is 1. The lowest BCUT2D eigenvalue weighted by molar-refractivity contribution is -0.139. The Bertz CT molecular complexity index is 387. The number of methoxy groups -OCH3 is 1. The van der Waals surface area contributed by atoms with Crippen molar-refractivity contribution in [3.63, 3.8) is 0 Å². The van der Waals surface area contributed by atoms with Crippen LogP contribution in [0.5, 0.6) is 0 Å². The van der Waals surface area contributed by atoms with Crippen LogP contribution in [0, 0.1) is 0 Å². The first-order chi connectivity index (χ1) is 6.86. The minimum atomic E-state index is -4.53. The zero-order valence-electron chi connectivity index (χ0n) is 7.63. The lowest BCUT2D eigenvalue weighted by Gasteiger charge is -2.10. The van der Waals surface area contributed by atoms with Crippen LogP contribution in [0.25, 0.3) is 0 Å². The molecule has 0 bridgehead atoms. The summed E-state index contributed by atoms with van der Waals surface area (Å²) in [6.45, 7) is 0. The molecule has 0 aliphatic carbocycles. The van der Waals surface area contributed by atoms with Gasteiger partial charge in [-0.2, -0.15) is 13.2 Å². The first-order valence-corrected chi connectivity index (χ1v) is 4.29. The van der Waals surface area contributed by atoms with Gasteiger partial charge >= 0.3 is 12.1 Å². The topological polar surface area (TPSA) is 26.3 Å². The molecule has 0 saturated heterocycles. The zero-order chi connectivity index (χ0) is 11.6. The molecule has 82 valence electrons. The van der Waals surface area contributed by atoms with Gasteiger partial charge in [0.25, 0.3) is 0 Å². The lowest BCUT2D eigenvalue weighted by atomic mass is 10.1. The summed E-state index contributed by atoms with van der Waals surface area (Å²) in [5.41, 5.74) is -1.10. The van der Waals surface area contributed by atoms with Gasteiger partial charge in [0.2, 0.25) is 0 Å². The van der Waals surface area contributed by atoms with E-state index in [2.05, 4.69) is 17.4 Å². The van der Waals surface area contributed by atoms with Crippen molar-refractivity contribution < 1.29 is 22.7 Å². The third-order valence-electron chi connectivity index (χ3n) is 1.72. The average Bonchev–Trinajstić information content (AvgIpc) is 2.15. The van der Waals surface area contributed by atoms with Crippen LogP contribution in [0.3, 0.4) is 0 Å². The molecule has 0 aliphatic heterocycles. The van der Waals surface area contributed by atoms with Gasteiger partial charge in [0, 0.05) is 4.90 Å². The van der Waals surface area contributed by atoms with Crippen LogP contribution in [0.4, 0.5) is 13.2 Å². The Hall–Kier alpha value is -1.17. The van der Waals surface area contributed by atoms with Gasteiger partial charge in [-0.3, -0.25) is 0 Å². The van der Waals surface area contributed by atoms with Crippen LogP contribution in [0.15, 0.2) is 23.1 Å². The zero-order valence-corrected chi connectivity index (χ0v) is 8.52. The summed E-state index contributed by atoms with van der Waals surface area (Å²) in [7, 11) is 1.10. The molecule has 0 N–H and O–H groups in total. The fourth-order valence-electron chi connectivity index (χ4n) is 1.01. The van der Waals surface area contributed by atoms with E-state index in [-0.39, 0.29) is 10.5 Å². The standard InChI is InChI=1S/C9H7F3O2S/c1-14-8(13)5-2-3-7(15)6(4-5)9(10,11)12/h2-4,15H,1H3. The Kier molecular flexibility index (Phi) is 3.28. The maximum atomic E-state index is 12.4. The molecular formula is C9H7F3O2S. The van der Waals surface area contributed by atoms with Gasteiger partial charge < -0.3 is 4.74 Å². The molecule has 0 aromatic heterocycles. The number of hydrogen-bond donors (Lipinski definition) is 1. The van der Waals surface area contributed by atoms with Crippen molar-refractivity contribution in [2.45, 2.75) is 11.1 Å². The van der Waals surface area contributed by atoms with Crippen LogP contribution >= 0.6 is 12.6 Å². The molecular weight excluding hydrogens is 229 g/mol. The highest BCUT2D eigenvalue weighted by Crippen LogP contribution is 2.34. The van der Waals surface area contributed by atoms with Crippen LogP contribution in [0.2, 0.25) is 0 Å². The second-order valence-corrected chi connectivity index (χ2v) is 3.20. The van der Waals surface area contributed by atoms with Crippen molar-refractivity contribution in [2.75, 3.05) is 7.11 Å². The molecule has 0 radical (unpaired) electrons. The van der Waals surface area contributed by atoms with Crippen molar-refractivity contribution >= 4 is 18.6 Å². The molecule has 0 saturated carbocycles. The molecule has 15 heavy (non-hydrogen) atoms. The first kappa shape index (κ1) is 11.9. The monoisotopic (exact) mass is 236 g/mol. The van der Waals surface area contributed by atoms with E-state index in [1.165, 1.54) is 6.07 Å². The smallest absolute Gasteiger partial charge is 0.417 e. The third-order valence-corrected chi connectivity index (χ3v) is 2.11. The Morgan fingerprint density at radius 3 is 2.47 bits per heavy atom. The van der Waals surface area contributed by atoms with Gasteiger partial charge in [0.15, 0.2) is 0 Å². The molecule has 0 heterocycles. The Morgan fingerprint density at radius 1 is 1.40 bits per heavy atom. The summed E-state index contributed by atoms with van der Waals surface area (Å²) >= 11 is 3.66. The molecule has 2 nitrogen and oxygen atoms in total. The second-order valence-electron chi connectivity index (χ2n) is 2.72. The summed E-state index contributed by atoms with van der Waals surface area (Å²) in [6.07, 6.45) is -4.53. The number of hydrogen-bond acceptors (Lipinski definition) is 3. The van der Waals surface area contributed by atoms with Crippen LogP contribution < -0.4 is 0 Å². The lowest BCUT2D eigenvalue weighted by Crippen LogP contribution is -2.09. The average molecular weight is 236 g/mol. The second kappa shape index (κ2) is 4.14. The molecule has 1 rings (SSSR count). The largest absolute Gasteiger partial charge is 0.465 e. The fraction of sp³-hybridized carbons (Fsp3) is 0.222. The number of carbonyl (C=O) groups excluding carboxylic acids is 1. The van der Waals surface area contributed by atoms with E-state index in [1.54, 1.807) is 0 Å². The highest BCUT2D eigenvalue weighted by molar-refractivity contribution is 7.80. The van der Waals surface area contributed by atoms with E-state index < -0.39 is 17.7 Å². The molecule has 1 aromatic carbocycles. The van der Waals surface area contributed by atoms with Gasteiger partial charge in [-0.25, -0.2) is 4.79 Å². The Morgan fingerprint density at radius 2 is 2.00 bits per heavy atom. The number of rotatable bonds is 1. The summed E-state index contributed by atoms with van der Waals surface area (Å²) in [6, 6.07) is 3.05. The summed E-state index contributed by atoms with van der Waals surface area (Å²) in [4.78, 5) is 10.8. The molecule has 0 spiro atoms. The number of benzene rings is 1. The van der Waals surface area contributed by atoms with Crippen LogP contribution in [0.1, 0.15) is 15.9 Å². The summed E-state index contributed by atoms with van der Waals surface area (Å²) in [5.74, 6) is -0.811. The van der Waals surface area contributed by atoms with E-state index in [4.69, 9.17) is 0 Å². The maximum absolute atomic E-state index is 12.4. The summed E-state index contributed by atoms with van der Waals surface area (Å²) < 4.78 is 41.5. The molecule has 0 aliphatic rings. The van der Waals surface area contributed by atoms with E-state index >= 15 is 0 Å². The SMILES string of the molecule is COC(=O)c1ccc(S)c(C(F)(F)F)c1. The highest BCUT2D eigenvalue weighted by Gasteiger charge is 2.33. The molecule has 0 fully saturated rings. The molecule has 1 aromatic rings. The minimum absolute atomic E-state index is 0.150. The highest BCUT2D eigenvalue weighted by atomic mass is 32.1. The number of carbonyl (C=O) groups is 1. The van der Waals surface area contributed by atoms with Crippen molar-refractivity contribution in [2.24, 2.45) is 0 Å². The van der Waals surface area contributed by atoms with E-state index in [9.17, 15) is 18.0 Å². The van der Waals surface area contributed by atoms with Crippen molar-refractivity contribution in [3.8, 4) is 0 Å². The van der Waals surface area contributed by atoms with Crippen LogP contribution in [-0.4, -0.2) is 13.1 Å². The van der Waals surface area contributed by atoms with Gasteiger partial charge in [0.05, 0.1) is 18.2 Å². The van der Waals surface area contributed by atoms with E-state index in [0.29, 0.717) is 6.07 Å². The Balaban J connectivity index is 3.23. The molecule has 0 unspecified atom stereocenters. The molecule has 6 heteroatoms. The van der Waals surface area contributed by atoms with Crippen LogP contribution in [-0.2, 0) is 10.9 Å². The number of alkyl halides is 3. The maximum Gasteiger partial charge on any atom is 0.417 e. The fourth-order valence-corrected chi connectivity index (χ4v) is 1.27. The number of halogens is 3. The number of thiol groups is 1. The minimum Gasteiger partial charge on any atom is -0.465 e. The van der Waals surface area contributed by atoms with Gasteiger partial charge in [-0.05, 0) is 18.2 Å². The van der Waals surface area contributed by atoms with Gasteiger partial charge in [-0.1, -0.05) is 0 Å². The molecule has 0 amide bonds. The normalized spacial score (nSPS) is 11.3. The van der Waals surface area contributed by atoms with Crippen molar-refractivity contribution in [1.29, 1.82) is 0 Å². The summed E-state index contributed by atoms with van der Waals surface area (Å²) in [5, 5.41) is 0. The third kappa shape index (κ3) is 2.65. The predicted molar refractivity (Wildman–Crippen MR) is 50.0 cm³/mol. The quantitative estimate of drug-likeness (QED) is 0.599. The van der Waals surface area contributed by atoms with Gasteiger partial charge in [-0.15, -0.1) is 12.6 Å². The number of ether oxygens (including phenoxy) is 1. The Labute approximate surface area is 89.5 Å². The van der Waals surface area contributed by atoms with Crippen molar-refractivity contribution in [3.05, 3.63) is 29.3 Å².